The number of ether oxygens (including phenoxy) is 2. The number of carbonyl (C=O) groups excluding carboxylic acids is 2. The summed E-state index contributed by atoms with van der Waals surface area (Å²) >= 11 is 0. The summed E-state index contributed by atoms with van der Waals surface area (Å²) in [6.45, 7) is 3.22. The van der Waals surface area contributed by atoms with Crippen LogP contribution in [0.1, 0.15) is 41.7 Å². The number of aryl methyl sites for hydroxylation is 1. The molecular formula is C23H28N4O4. The molecule has 8 nitrogen and oxygen atoms in total. The Morgan fingerprint density at radius 1 is 1.39 bits per heavy atom. The van der Waals surface area contributed by atoms with E-state index in [1.807, 2.05) is 17.7 Å². The highest BCUT2D eigenvalue weighted by Gasteiger charge is 2.57. The molecule has 4 atom stereocenters. The molecule has 0 radical (unpaired) electrons. The Morgan fingerprint density at radius 3 is 2.97 bits per heavy atom. The average Bonchev–Trinajstić information content (AvgIpc) is 3.18. The van der Waals surface area contributed by atoms with E-state index in [9.17, 15) is 9.59 Å². The summed E-state index contributed by atoms with van der Waals surface area (Å²) in [5.41, 5.74) is 0.869. The minimum atomic E-state index is -0.734. The molecule has 164 valence electrons. The Kier molecular flexibility index (Phi) is 4.87. The molecule has 0 saturated heterocycles. The van der Waals surface area contributed by atoms with E-state index in [0.717, 1.165) is 25.0 Å². The van der Waals surface area contributed by atoms with Gasteiger partial charge in [-0.25, -0.2) is 0 Å². The molecule has 1 spiro atoms. The van der Waals surface area contributed by atoms with E-state index in [2.05, 4.69) is 15.7 Å². The number of nitrogens with zero attached hydrogens (tertiary/aromatic N) is 2. The number of aromatic nitrogens is 2. The fourth-order valence-electron chi connectivity index (χ4n) is 5.49. The number of hydrogen-bond donors (Lipinski definition) is 2. The van der Waals surface area contributed by atoms with Crippen molar-refractivity contribution in [1.82, 2.24) is 20.4 Å². The molecule has 6 rings (SSSR count). The molecule has 2 N–H and O–H groups in total. The highest BCUT2D eigenvalue weighted by molar-refractivity contribution is 5.98. The molecule has 2 heterocycles. The molecule has 0 unspecified atom stereocenters. The van der Waals surface area contributed by atoms with E-state index in [-0.39, 0.29) is 29.6 Å². The van der Waals surface area contributed by atoms with Gasteiger partial charge >= 0.3 is 0 Å². The fourth-order valence-corrected chi connectivity index (χ4v) is 5.49. The van der Waals surface area contributed by atoms with Gasteiger partial charge in [0.05, 0.1) is 19.2 Å². The second-order valence-corrected chi connectivity index (χ2v) is 8.88. The van der Waals surface area contributed by atoms with Gasteiger partial charge in [0.25, 0.3) is 5.91 Å². The second-order valence-electron chi connectivity index (χ2n) is 8.88. The van der Waals surface area contributed by atoms with Crippen LogP contribution >= 0.6 is 0 Å². The van der Waals surface area contributed by atoms with Gasteiger partial charge in [0.15, 0.2) is 5.72 Å². The van der Waals surface area contributed by atoms with Crippen molar-refractivity contribution in [3.63, 3.8) is 0 Å². The topological polar surface area (TPSA) is 94.5 Å². The lowest BCUT2D eigenvalue weighted by Gasteiger charge is -2.55. The van der Waals surface area contributed by atoms with Crippen LogP contribution in [0.5, 0.6) is 11.5 Å². The van der Waals surface area contributed by atoms with Crippen LogP contribution in [0.2, 0.25) is 0 Å². The largest absolute Gasteiger partial charge is 0.497 e. The molecular weight excluding hydrogens is 396 g/mol. The highest BCUT2D eigenvalue weighted by atomic mass is 16.5. The zero-order valence-electron chi connectivity index (χ0n) is 17.9. The Morgan fingerprint density at radius 2 is 2.26 bits per heavy atom. The number of nitrogens with one attached hydrogen (secondary N) is 2. The summed E-state index contributed by atoms with van der Waals surface area (Å²) in [6, 6.07) is 7.22. The Labute approximate surface area is 181 Å². The van der Waals surface area contributed by atoms with Crippen molar-refractivity contribution in [2.45, 2.75) is 44.9 Å². The number of rotatable bonds is 5. The normalized spacial score (nSPS) is 28.6. The molecule has 2 aromatic rings. The van der Waals surface area contributed by atoms with Crippen molar-refractivity contribution in [2.24, 2.45) is 17.8 Å². The minimum absolute atomic E-state index is 0.0460. The van der Waals surface area contributed by atoms with Crippen LogP contribution in [0.15, 0.2) is 30.5 Å². The van der Waals surface area contributed by atoms with E-state index < -0.39 is 5.72 Å². The maximum absolute atomic E-state index is 12.9. The second kappa shape index (κ2) is 7.59. The van der Waals surface area contributed by atoms with E-state index in [0.29, 0.717) is 36.6 Å². The third-order valence-electron chi connectivity index (χ3n) is 7.16. The van der Waals surface area contributed by atoms with E-state index >= 15 is 0 Å². The monoisotopic (exact) mass is 424 g/mol. The Hall–Kier alpha value is -3.03. The first-order valence-corrected chi connectivity index (χ1v) is 10.9. The Balaban J connectivity index is 1.27. The maximum atomic E-state index is 12.9. The molecule has 1 aliphatic heterocycles. The van der Waals surface area contributed by atoms with Gasteiger partial charge in [-0.1, -0.05) is 0 Å². The fraction of sp³-hybridized carbons (Fsp3) is 0.522. The van der Waals surface area contributed by atoms with Crippen molar-refractivity contribution < 1.29 is 19.1 Å². The van der Waals surface area contributed by atoms with Gasteiger partial charge in [0, 0.05) is 42.8 Å². The first-order chi connectivity index (χ1) is 15.0. The molecule has 8 heteroatoms. The summed E-state index contributed by atoms with van der Waals surface area (Å²) < 4.78 is 13.6. The zero-order valence-corrected chi connectivity index (χ0v) is 17.9. The molecule has 2 amide bonds. The predicted molar refractivity (Wildman–Crippen MR) is 113 cm³/mol. The van der Waals surface area contributed by atoms with Crippen LogP contribution in [0.4, 0.5) is 0 Å². The number of methoxy groups -OCH3 is 1. The lowest BCUT2D eigenvalue weighted by atomic mass is 9.60. The third kappa shape index (κ3) is 3.43. The summed E-state index contributed by atoms with van der Waals surface area (Å²) in [6.07, 6.45) is 5.06. The first kappa shape index (κ1) is 19.9. The molecule has 3 fully saturated rings. The van der Waals surface area contributed by atoms with Crippen molar-refractivity contribution >= 4 is 11.8 Å². The number of amides is 2. The summed E-state index contributed by atoms with van der Waals surface area (Å²) in [4.78, 5) is 25.7. The van der Waals surface area contributed by atoms with Crippen LogP contribution in [-0.2, 0) is 11.3 Å². The van der Waals surface area contributed by atoms with E-state index in [1.165, 1.54) is 0 Å². The van der Waals surface area contributed by atoms with E-state index in [4.69, 9.17) is 9.47 Å². The SMILES string of the molecule is COc1ccc2c(c1)O[C@@]1(C[C@H]3CC[C@H]1C[C@H]3C(=O)NCCn1nccc1C)NC2=O. The van der Waals surface area contributed by atoms with Gasteiger partial charge in [0.2, 0.25) is 5.91 Å². The van der Waals surface area contributed by atoms with Crippen molar-refractivity contribution in [1.29, 1.82) is 0 Å². The van der Waals surface area contributed by atoms with Crippen LogP contribution in [0.25, 0.3) is 0 Å². The number of fused-ring (bicyclic) bond motifs is 3. The van der Waals surface area contributed by atoms with Crippen LogP contribution in [0, 0.1) is 24.7 Å². The van der Waals surface area contributed by atoms with Gasteiger partial charge < -0.3 is 20.1 Å². The van der Waals surface area contributed by atoms with Crippen molar-refractivity contribution in [2.75, 3.05) is 13.7 Å². The summed E-state index contributed by atoms with van der Waals surface area (Å²) in [7, 11) is 1.60. The highest BCUT2D eigenvalue weighted by Crippen LogP contribution is 2.52. The quantitative estimate of drug-likeness (QED) is 0.768. The number of carbonyl (C=O) groups is 2. The van der Waals surface area contributed by atoms with Gasteiger partial charge in [-0.15, -0.1) is 0 Å². The molecule has 1 aromatic carbocycles. The molecule has 3 saturated carbocycles. The molecule has 4 aliphatic rings. The van der Waals surface area contributed by atoms with Crippen LogP contribution < -0.4 is 20.1 Å². The zero-order chi connectivity index (χ0) is 21.6. The Bertz CT molecular complexity index is 1020. The van der Waals surface area contributed by atoms with Gasteiger partial charge in [-0.3, -0.25) is 14.3 Å². The average molecular weight is 425 g/mol. The minimum Gasteiger partial charge on any atom is -0.497 e. The third-order valence-corrected chi connectivity index (χ3v) is 7.16. The van der Waals surface area contributed by atoms with Gasteiger partial charge in [0.1, 0.15) is 11.5 Å². The van der Waals surface area contributed by atoms with Crippen molar-refractivity contribution in [3.8, 4) is 11.5 Å². The number of hydrogen-bond acceptors (Lipinski definition) is 5. The lowest BCUT2D eigenvalue weighted by molar-refractivity contribution is -0.146. The summed E-state index contributed by atoms with van der Waals surface area (Å²) in [5.74, 6) is 1.44. The van der Waals surface area contributed by atoms with Crippen LogP contribution in [0.3, 0.4) is 0 Å². The standard InChI is InChI=1S/C23H28N4O4/c1-14-7-8-25-27(14)10-9-24-21(28)19-11-16-4-3-15(19)13-23(16)26-22(29)18-6-5-17(30-2)12-20(18)31-23/h5-8,12,15-16,19H,3-4,9-11,13H2,1-2H3,(H,24,28)(H,26,29)/t15-,16+,19-,23-/m1/s1. The summed E-state index contributed by atoms with van der Waals surface area (Å²) in [5, 5.41) is 10.5. The van der Waals surface area contributed by atoms with E-state index in [1.54, 1.807) is 31.5 Å². The molecule has 1 aromatic heterocycles. The molecule has 31 heavy (non-hydrogen) atoms. The van der Waals surface area contributed by atoms with Crippen molar-refractivity contribution in [3.05, 3.63) is 41.7 Å². The maximum Gasteiger partial charge on any atom is 0.258 e. The van der Waals surface area contributed by atoms with Crippen LogP contribution in [-0.4, -0.2) is 41.0 Å². The molecule has 3 aliphatic carbocycles. The lowest BCUT2D eigenvalue weighted by Crippen LogP contribution is -2.67. The molecule has 2 bridgehead atoms. The van der Waals surface area contributed by atoms with Gasteiger partial charge in [-0.2, -0.15) is 5.10 Å². The predicted octanol–water partition coefficient (Wildman–Crippen LogP) is 2.27. The smallest absolute Gasteiger partial charge is 0.258 e. The number of benzene rings is 1. The first-order valence-electron chi connectivity index (χ1n) is 10.9. The van der Waals surface area contributed by atoms with Gasteiger partial charge in [-0.05, 0) is 50.3 Å².